The lowest BCUT2D eigenvalue weighted by molar-refractivity contribution is 0.145. The molecule has 0 fully saturated rings. The maximum Gasteiger partial charge on any atom is 0.268 e. The quantitative estimate of drug-likeness (QED) is 0.538. The molecular weight excluding hydrogens is 203 g/mol. The summed E-state index contributed by atoms with van der Waals surface area (Å²) in [5, 5.41) is 0. The van der Waals surface area contributed by atoms with Gasteiger partial charge in [0, 0.05) is 0 Å². The molecule has 0 amide bonds. The van der Waals surface area contributed by atoms with Crippen LogP contribution in [0.4, 0.5) is 13.2 Å². The van der Waals surface area contributed by atoms with Crippen molar-refractivity contribution in [2.45, 2.75) is 19.2 Å². The van der Waals surface area contributed by atoms with Gasteiger partial charge in [-0.1, -0.05) is 0 Å². The molecule has 72 valence electrons. The van der Waals surface area contributed by atoms with Gasteiger partial charge in [-0.2, -0.15) is 4.39 Å². The van der Waals surface area contributed by atoms with E-state index in [4.69, 9.17) is 11.6 Å². The van der Waals surface area contributed by atoms with Crippen molar-refractivity contribution in [2.75, 3.05) is 0 Å². The first-order valence-electron chi connectivity index (χ1n) is 3.56. The third-order valence-electron chi connectivity index (χ3n) is 1.66. The molecule has 1 rings (SSSR count). The number of halogens is 4. The summed E-state index contributed by atoms with van der Waals surface area (Å²) < 4.78 is 37.1. The van der Waals surface area contributed by atoms with Crippen LogP contribution >= 0.6 is 11.6 Å². The van der Waals surface area contributed by atoms with Gasteiger partial charge in [0.15, 0.2) is 0 Å². The summed E-state index contributed by atoms with van der Waals surface area (Å²) in [7, 11) is 0. The van der Waals surface area contributed by atoms with Crippen molar-refractivity contribution < 1.29 is 13.2 Å². The summed E-state index contributed by atoms with van der Waals surface area (Å²) >= 11 is 5.42. The smallest absolute Gasteiger partial charge is 0.223 e. The van der Waals surface area contributed by atoms with E-state index in [1.165, 1.54) is 0 Å². The lowest BCUT2D eigenvalue weighted by Gasteiger charge is -2.05. The van der Waals surface area contributed by atoms with Crippen molar-refractivity contribution >= 4 is 11.6 Å². The molecule has 0 aliphatic carbocycles. The molecule has 0 aliphatic rings. The zero-order valence-corrected chi connectivity index (χ0v) is 7.58. The van der Waals surface area contributed by atoms with Crippen molar-refractivity contribution in [3.05, 3.63) is 28.8 Å². The van der Waals surface area contributed by atoms with Crippen LogP contribution in [0.15, 0.2) is 6.07 Å². The standard InChI is InChI=1S/C8H7ClF3N/c1-4-2-5(7(10)11)8(12)13-6(4)3-9/h2,7H,3H2,1H3. The van der Waals surface area contributed by atoms with Crippen LogP contribution in [-0.2, 0) is 5.88 Å². The van der Waals surface area contributed by atoms with Crippen LogP contribution in [0.25, 0.3) is 0 Å². The largest absolute Gasteiger partial charge is 0.268 e. The number of aromatic nitrogens is 1. The molecule has 5 heteroatoms. The van der Waals surface area contributed by atoms with Gasteiger partial charge in [-0.15, -0.1) is 11.6 Å². The third kappa shape index (κ3) is 2.12. The second kappa shape index (κ2) is 3.96. The predicted octanol–water partition coefficient (Wildman–Crippen LogP) is 3.21. The van der Waals surface area contributed by atoms with E-state index in [2.05, 4.69) is 4.98 Å². The summed E-state index contributed by atoms with van der Waals surface area (Å²) in [5.74, 6) is -1.12. The van der Waals surface area contributed by atoms with E-state index in [-0.39, 0.29) is 5.88 Å². The number of hydrogen-bond donors (Lipinski definition) is 0. The van der Waals surface area contributed by atoms with Crippen LogP contribution in [0.3, 0.4) is 0 Å². The summed E-state index contributed by atoms with van der Waals surface area (Å²) in [6.07, 6.45) is -2.84. The Morgan fingerprint density at radius 3 is 2.62 bits per heavy atom. The highest BCUT2D eigenvalue weighted by Gasteiger charge is 2.16. The Labute approximate surface area is 78.5 Å². The summed E-state index contributed by atoms with van der Waals surface area (Å²) in [5.41, 5.74) is 0.0987. The van der Waals surface area contributed by atoms with Crippen molar-refractivity contribution in [3.63, 3.8) is 0 Å². The number of pyridine rings is 1. The van der Waals surface area contributed by atoms with Gasteiger partial charge in [-0.25, -0.2) is 13.8 Å². The molecule has 1 aromatic heterocycles. The Hall–Kier alpha value is -0.770. The molecule has 0 bridgehead atoms. The molecule has 0 aliphatic heterocycles. The summed E-state index contributed by atoms with van der Waals surface area (Å²) in [4.78, 5) is 3.33. The lowest BCUT2D eigenvalue weighted by atomic mass is 10.1. The van der Waals surface area contributed by atoms with Crippen molar-refractivity contribution in [1.82, 2.24) is 4.98 Å². The zero-order chi connectivity index (χ0) is 10.0. The van der Waals surface area contributed by atoms with Gasteiger partial charge in [0.25, 0.3) is 6.43 Å². The molecule has 0 spiro atoms. The Bertz CT molecular complexity index is 315. The average Bonchev–Trinajstić information content (AvgIpc) is 2.07. The van der Waals surface area contributed by atoms with E-state index in [0.717, 1.165) is 6.07 Å². The fourth-order valence-electron chi connectivity index (χ4n) is 0.936. The monoisotopic (exact) mass is 209 g/mol. The summed E-state index contributed by atoms with van der Waals surface area (Å²) in [6.45, 7) is 1.57. The molecule has 1 aromatic rings. The summed E-state index contributed by atoms with van der Waals surface area (Å²) in [6, 6.07) is 1.07. The van der Waals surface area contributed by atoms with Crippen LogP contribution in [0.2, 0.25) is 0 Å². The molecule has 0 aromatic carbocycles. The Morgan fingerprint density at radius 1 is 1.54 bits per heavy atom. The fraction of sp³-hybridized carbons (Fsp3) is 0.375. The van der Waals surface area contributed by atoms with Gasteiger partial charge in [-0.3, -0.25) is 0 Å². The number of aryl methyl sites for hydroxylation is 1. The van der Waals surface area contributed by atoms with E-state index < -0.39 is 17.9 Å². The second-order valence-corrected chi connectivity index (χ2v) is 2.83. The highest BCUT2D eigenvalue weighted by molar-refractivity contribution is 6.16. The van der Waals surface area contributed by atoms with Crippen molar-refractivity contribution in [1.29, 1.82) is 0 Å². The first-order chi connectivity index (χ1) is 6.06. The molecule has 0 saturated carbocycles. The van der Waals surface area contributed by atoms with Crippen LogP contribution in [0, 0.1) is 12.9 Å². The minimum Gasteiger partial charge on any atom is -0.223 e. The maximum atomic E-state index is 12.8. The molecular formula is C8H7ClF3N. The maximum absolute atomic E-state index is 12.8. The Balaban J connectivity index is 3.20. The van der Waals surface area contributed by atoms with E-state index in [9.17, 15) is 13.2 Å². The van der Waals surface area contributed by atoms with Gasteiger partial charge in [-0.05, 0) is 18.6 Å². The molecule has 13 heavy (non-hydrogen) atoms. The van der Waals surface area contributed by atoms with Crippen LogP contribution in [0.1, 0.15) is 23.2 Å². The second-order valence-electron chi connectivity index (χ2n) is 2.57. The molecule has 0 N–H and O–H groups in total. The van der Waals surface area contributed by atoms with Gasteiger partial charge in [0.2, 0.25) is 5.95 Å². The molecule has 1 heterocycles. The van der Waals surface area contributed by atoms with Crippen LogP contribution in [0.5, 0.6) is 0 Å². The molecule has 0 atom stereocenters. The van der Waals surface area contributed by atoms with Gasteiger partial charge in [0.05, 0.1) is 17.1 Å². The number of rotatable bonds is 2. The molecule has 0 radical (unpaired) electrons. The minimum absolute atomic E-state index is 0.0201. The van der Waals surface area contributed by atoms with Crippen molar-refractivity contribution in [3.8, 4) is 0 Å². The molecule has 0 unspecified atom stereocenters. The normalized spacial score (nSPS) is 10.9. The average molecular weight is 210 g/mol. The number of nitrogens with zero attached hydrogens (tertiary/aromatic N) is 1. The minimum atomic E-state index is -2.84. The van der Waals surface area contributed by atoms with Gasteiger partial charge >= 0.3 is 0 Å². The molecule has 1 nitrogen and oxygen atoms in total. The lowest BCUT2D eigenvalue weighted by Crippen LogP contribution is -2.00. The van der Waals surface area contributed by atoms with Crippen LogP contribution < -0.4 is 0 Å². The Morgan fingerprint density at radius 2 is 2.15 bits per heavy atom. The van der Waals surface area contributed by atoms with Gasteiger partial charge < -0.3 is 0 Å². The number of hydrogen-bond acceptors (Lipinski definition) is 1. The van der Waals surface area contributed by atoms with E-state index in [1.54, 1.807) is 6.92 Å². The van der Waals surface area contributed by atoms with E-state index >= 15 is 0 Å². The zero-order valence-electron chi connectivity index (χ0n) is 6.82. The first-order valence-corrected chi connectivity index (χ1v) is 4.09. The Kier molecular flexibility index (Phi) is 3.14. The fourth-order valence-corrected chi connectivity index (χ4v) is 1.21. The van der Waals surface area contributed by atoms with Crippen LogP contribution in [-0.4, -0.2) is 4.98 Å². The van der Waals surface area contributed by atoms with Gasteiger partial charge in [0.1, 0.15) is 0 Å². The third-order valence-corrected chi connectivity index (χ3v) is 1.91. The topological polar surface area (TPSA) is 12.9 Å². The predicted molar refractivity (Wildman–Crippen MR) is 43.4 cm³/mol. The van der Waals surface area contributed by atoms with Crippen molar-refractivity contribution in [2.24, 2.45) is 0 Å². The molecule has 0 saturated heterocycles. The highest BCUT2D eigenvalue weighted by Crippen LogP contribution is 2.23. The highest BCUT2D eigenvalue weighted by atomic mass is 35.5. The number of alkyl halides is 3. The first kappa shape index (κ1) is 10.3. The van der Waals surface area contributed by atoms with E-state index in [1.807, 2.05) is 0 Å². The SMILES string of the molecule is Cc1cc(C(F)F)c(F)nc1CCl. The van der Waals surface area contributed by atoms with E-state index in [0.29, 0.717) is 11.3 Å².